The van der Waals surface area contributed by atoms with Gasteiger partial charge >= 0.3 is 5.97 Å². The Morgan fingerprint density at radius 3 is 2.71 bits per heavy atom. The van der Waals surface area contributed by atoms with Gasteiger partial charge in [-0.25, -0.2) is 4.79 Å². The summed E-state index contributed by atoms with van der Waals surface area (Å²) < 4.78 is 4.99. The number of nitrogens with zero attached hydrogens (tertiary/aromatic N) is 1. The molecule has 1 saturated heterocycles. The van der Waals surface area contributed by atoms with Gasteiger partial charge in [-0.1, -0.05) is 50.5 Å². The number of benzene rings is 1. The van der Waals surface area contributed by atoms with Crippen molar-refractivity contribution in [3.05, 3.63) is 47.5 Å². The molecule has 1 heterocycles. The van der Waals surface area contributed by atoms with Crippen molar-refractivity contribution in [1.29, 1.82) is 0 Å². The highest BCUT2D eigenvalue weighted by molar-refractivity contribution is 5.89. The zero-order valence-corrected chi connectivity index (χ0v) is 17.1. The third-order valence-corrected chi connectivity index (χ3v) is 5.14. The number of ether oxygens (including phenoxy) is 1. The highest BCUT2D eigenvalue weighted by Gasteiger charge is 2.28. The second-order valence-electron chi connectivity index (χ2n) is 7.31. The molecule has 0 aliphatic carbocycles. The van der Waals surface area contributed by atoms with Crippen molar-refractivity contribution >= 4 is 11.9 Å². The molecule has 0 bridgehead atoms. The molecule has 0 saturated carbocycles. The van der Waals surface area contributed by atoms with Crippen molar-refractivity contribution in [2.24, 2.45) is 0 Å². The first-order valence-corrected chi connectivity index (χ1v) is 10.5. The molecule has 0 aromatic heterocycles. The third kappa shape index (κ3) is 6.79. The molecule has 1 aromatic rings. The highest BCUT2D eigenvalue weighted by atomic mass is 16.5. The Hall–Kier alpha value is -2.14. The Kier molecular flexibility index (Phi) is 9.21. The lowest BCUT2D eigenvalue weighted by molar-refractivity contribution is -0.128. The van der Waals surface area contributed by atoms with Crippen LogP contribution in [0.2, 0.25) is 0 Å². The summed E-state index contributed by atoms with van der Waals surface area (Å²) >= 11 is 0. The van der Waals surface area contributed by atoms with E-state index in [9.17, 15) is 14.7 Å². The second-order valence-corrected chi connectivity index (χ2v) is 7.31. The largest absolute Gasteiger partial charge is 0.462 e. The predicted molar refractivity (Wildman–Crippen MR) is 110 cm³/mol. The first kappa shape index (κ1) is 22.2. The van der Waals surface area contributed by atoms with Crippen molar-refractivity contribution in [3.8, 4) is 0 Å². The Labute approximate surface area is 168 Å². The Morgan fingerprint density at radius 1 is 1.29 bits per heavy atom. The van der Waals surface area contributed by atoms with Gasteiger partial charge in [-0.15, -0.1) is 0 Å². The minimum absolute atomic E-state index is 0.0622. The minimum Gasteiger partial charge on any atom is -0.462 e. The number of hydrogen-bond donors (Lipinski definition) is 1. The molecule has 28 heavy (non-hydrogen) atoms. The lowest BCUT2D eigenvalue weighted by Gasteiger charge is -2.23. The topological polar surface area (TPSA) is 66.8 Å². The maximum Gasteiger partial charge on any atom is 0.338 e. The summed E-state index contributed by atoms with van der Waals surface area (Å²) in [7, 11) is 0. The molecule has 0 spiro atoms. The number of hydrogen-bond acceptors (Lipinski definition) is 4. The SMILES string of the molecule is CCCCC[C@H](O)C=C[C@H]1CCC(=O)N1CCc1ccc(C(=O)OCC)cc1. The average molecular weight is 388 g/mol. The molecule has 1 aromatic carbocycles. The molecule has 0 unspecified atom stereocenters. The van der Waals surface area contributed by atoms with Crippen molar-refractivity contribution in [3.63, 3.8) is 0 Å². The lowest BCUT2D eigenvalue weighted by atomic mass is 10.1. The van der Waals surface area contributed by atoms with E-state index in [0.717, 1.165) is 44.1 Å². The number of carbonyl (C=O) groups excluding carboxylic acids is 2. The Bertz CT molecular complexity index is 653. The van der Waals surface area contributed by atoms with E-state index in [-0.39, 0.29) is 17.9 Å². The summed E-state index contributed by atoms with van der Waals surface area (Å²) in [4.78, 5) is 25.9. The summed E-state index contributed by atoms with van der Waals surface area (Å²) in [5.74, 6) is -0.148. The van der Waals surface area contributed by atoms with Gasteiger partial charge in [0, 0.05) is 13.0 Å². The van der Waals surface area contributed by atoms with E-state index in [1.807, 2.05) is 29.2 Å². The van der Waals surface area contributed by atoms with Crippen LogP contribution in [0.3, 0.4) is 0 Å². The molecule has 154 valence electrons. The van der Waals surface area contributed by atoms with Crippen LogP contribution in [0.15, 0.2) is 36.4 Å². The van der Waals surface area contributed by atoms with Crippen molar-refractivity contribution in [2.45, 2.75) is 70.9 Å². The van der Waals surface area contributed by atoms with Crippen LogP contribution in [-0.4, -0.2) is 47.2 Å². The van der Waals surface area contributed by atoms with Gasteiger partial charge in [0.15, 0.2) is 0 Å². The van der Waals surface area contributed by atoms with Crippen LogP contribution in [0.5, 0.6) is 0 Å². The van der Waals surface area contributed by atoms with E-state index >= 15 is 0 Å². The second kappa shape index (κ2) is 11.6. The number of amides is 1. The molecule has 2 rings (SSSR count). The number of esters is 1. The molecule has 5 nitrogen and oxygen atoms in total. The number of aliphatic hydroxyl groups excluding tert-OH is 1. The molecule has 1 amide bonds. The normalized spacial score (nSPS) is 18.0. The van der Waals surface area contributed by atoms with Crippen molar-refractivity contribution in [2.75, 3.05) is 13.2 Å². The monoisotopic (exact) mass is 387 g/mol. The summed E-state index contributed by atoms with van der Waals surface area (Å²) in [5.41, 5.74) is 1.62. The number of carbonyl (C=O) groups is 2. The zero-order valence-electron chi connectivity index (χ0n) is 17.1. The molecule has 1 aliphatic heterocycles. The molecule has 5 heteroatoms. The van der Waals surface area contributed by atoms with Crippen LogP contribution in [0.1, 0.15) is 68.3 Å². The summed E-state index contributed by atoms with van der Waals surface area (Å²) in [6.45, 7) is 4.93. The van der Waals surface area contributed by atoms with Crippen LogP contribution in [0, 0.1) is 0 Å². The zero-order chi connectivity index (χ0) is 20.4. The molecule has 0 radical (unpaired) electrons. The number of rotatable bonds is 11. The highest BCUT2D eigenvalue weighted by Crippen LogP contribution is 2.21. The van der Waals surface area contributed by atoms with Crippen LogP contribution in [-0.2, 0) is 16.0 Å². The maximum absolute atomic E-state index is 12.2. The molecule has 1 N–H and O–H groups in total. The van der Waals surface area contributed by atoms with Gasteiger partial charge in [0.05, 0.1) is 24.3 Å². The predicted octanol–water partition coefficient (Wildman–Crippen LogP) is 3.89. The molecule has 1 fully saturated rings. The fourth-order valence-electron chi connectivity index (χ4n) is 3.47. The Morgan fingerprint density at radius 2 is 2.04 bits per heavy atom. The fourth-order valence-corrected chi connectivity index (χ4v) is 3.47. The average Bonchev–Trinajstić information content (AvgIpc) is 3.05. The summed E-state index contributed by atoms with van der Waals surface area (Å²) in [6.07, 6.45) is 9.58. The van der Waals surface area contributed by atoms with Gasteiger partial charge in [-0.2, -0.15) is 0 Å². The van der Waals surface area contributed by atoms with Gasteiger partial charge in [-0.3, -0.25) is 4.79 Å². The first-order chi connectivity index (χ1) is 13.5. The smallest absolute Gasteiger partial charge is 0.338 e. The molecular weight excluding hydrogens is 354 g/mol. The minimum atomic E-state index is -0.431. The molecular formula is C23H33NO4. The quantitative estimate of drug-likeness (QED) is 0.355. The van der Waals surface area contributed by atoms with E-state index in [2.05, 4.69) is 6.92 Å². The maximum atomic E-state index is 12.2. The fraction of sp³-hybridized carbons (Fsp3) is 0.565. The van der Waals surface area contributed by atoms with Crippen molar-refractivity contribution in [1.82, 2.24) is 4.90 Å². The van der Waals surface area contributed by atoms with E-state index in [0.29, 0.717) is 25.1 Å². The number of likely N-dealkylation sites (tertiary alicyclic amines) is 1. The summed E-state index contributed by atoms with van der Waals surface area (Å²) in [6, 6.07) is 7.42. The van der Waals surface area contributed by atoms with Gasteiger partial charge in [0.25, 0.3) is 0 Å². The first-order valence-electron chi connectivity index (χ1n) is 10.5. The van der Waals surface area contributed by atoms with Gasteiger partial charge < -0.3 is 14.7 Å². The summed E-state index contributed by atoms with van der Waals surface area (Å²) in [5, 5.41) is 10.1. The van der Waals surface area contributed by atoms with E-state index < -0.39 is 6.10 Å². The van der Waals surface area contributed by atoms with Gasteiger partial charge in [0.2, 0.25) is 5.91 Å². The number of unbranched alkanes of at least 4 members (excludes halogenated alkanes) is 2. The molecule has 2 atom stereocenters. The lowest BCUT2D eigenvalue weighted by Crippen LogP contribution is -2.33. The van der Waals surface area contributed by atoms with Gasteiger partial charge in [0.1, 0.15) is 0 Å². The van der Waals surface area contributed by atoms with E-state index in [4.69, 9.17) is 4.74 Å². The van der Waals surface area contributed by atoms with Crippen LogP contribution in [0.25, 0.3) is 0 Å². The van der Waals surface area contributed by atoms with E-state index in [1.54, 1.807) is 19.1 Å². The third-order valence-electron chi connectivity index (χ3n) is 5.14. The standard InChI is InChI=1S/C23H33NO4/c1-3-5-6-7-21(25)14-12-20-13-15-22(26)24(20)17-16-18-8-10-19(11-9-18)23(27)28-4-2/h8-12,14,20-21,25H,3-7,13,15-17H2,1-2H3/t20-,21-/m0/s1. The number of aliphatic hydroxyl groups is 1. The van der Waals surface area contributed by atoms with Crippen LogP contribution >= 0.6 is 0 Å². The van der Waals surface area contributed by atoms with Crippen LogP contribution in [0.4, 0.5) is 0 Å². The molecule has 1 aliphatic rings. The Balaban J connectivity index is 1.87. The van der Waals surface area contributed by atoms with Crippen molar-refractivity contribution < 1.29 is 19.4 Å². The van der Waals surface area contributed by atoms with E-state index in [1.165, 1.54) is 0 Å². The van der Waals surface area contributed by atoms with Crippen LogP contribution < -0.4 is 0 Å². The van der Waals surface area contributed by atoms with Gasteiger partial charge in [-0.05, 0) is 43.9 Å².